The maximum atomic E-state index is 12.5. The zero-order valence-corrected chi connectivity index (χ0v) is 17.5. The number of nitrogens with one attached hydrogen (secondary N) is 1. The van der Waals surface area contributed by atoms with Gasteiger partial charge in [0, 0.05) is 50.8 Å². The van der Waals surface area contributed by atoms with Gasteiger partial charge < -0.3 is 19.9 Å². The molecule has 1 unspecified atom stereocenters. The van der Waals surface area contributed by atoms with Gasteiger partial charge in [-0.05, 0) is 12.8 Å². The highest BCUT2D eigenvalue weighted by Crippen LogP contribution is 2.21. The lowest BCUT2D eigenvalue weighted by Crippen LogP contribution is -2.55. The topological polar surface area (TPSA) is 70.1 Å². The van der Waals surface area contributed by atoms with Crippen molar-refractivity contribution < 1.29 is 9.53 Å². The summed E-state index contributed by atoms with van der Waals surface area (Å²) < 4.78 is 5.54. The smallest absolute Gasteiger partial charge is 0.251 e. The molecule has 1 atom stereocenters. The lowest BCUT2D eigenvalue weighted by Gasteiger charge is -2.37. The third-order valence-corrected chi connectivity index (χ3v) is 6.18. The van der Waals surface area contributed by atoms with Crippen LogP contribution < -0.4 is 5.32 Å². The Morgan fingerprint density at radius 1 is 1.24 bits per heavy atom. The fraction of sp³-hybridized carbons (Fsp3) is 0.476. The number of ether oxygens (including phenoxy) is 1. The Morgan fingerprint density at radius 3 is 2.69 bits per heavy atom. The SMILES string of the molecule is CN=C(NCc1nc(-c2ccccc2)cs1)N1CCN(C(=O)C2CCCO2)CC1. The van der Waals surface area contributed by atoms with Crippen LogP contribution in [0.25, 0.3) is 11.3 Å². The van der Waals surface area contributed by atoms with Crippen LogP contribution in [0.1, 0.15) is 17.8 Å². The van der Waals surface area contributed by atoms with Gasteiger partial charge in [0.05, 0.1) is 12.2 Å². The van der Waals surface area contributed by atoms with Gasteiger partial charge in [0.15, 0.2) is 5.96 Å². The molecule has 2 aliphatic rings. The van der Waals surface area contributed by atoms with E-state index < -0.39 is 0 Å². The van der Waals surface area contributed by atoms with Gasteiger partial charge in [0.1, 0.15) is 11.1 Å². The molecular formula is C21H27N5O2S. The number of thiazole rings is 1. The Morgan fingerprint density at radius 2 is 2.00 bits per heavy atom. The molecule has 0 bridgehead atoms. The van der Waals surface area contributed by atoms with E-state index in [4.69, 9.17) is 9.72 Å². The van der Waals surface area contributed by atoms with E-state index in [9.17, 15) is 4.79 Å². The monoisotopic (exact) mass is 413 g/mol. The molecule has 1 aromatic heterocycles. The Kier molecular flexibility index (Phi) is 6.41. The summed E-state index contributed by atoms with van der Waals surface area (Å²) in [6.07, 6.45) is 1.60. The van der Waals surface area contributed by atoms with Crippen molar-refractivity contribution >= 4 is 23.2 Å². The third-order valence-electron chi connectivity index (χ3n) is 5.33. The zero-order chi connectivity index (χ0) is 20.1. The molecule has 2 fully saturated rings. The number of rotatable bonds is 4. The first-order valence-electron chi connectivity index (χ1n) is 10.1. The number of aliphatic imine (C=N–C) groups is 1. The summed E-state index contributed by atoms with van der Waals surface area (Å²) in [7, 11) is 1.80. The van der Waals surface area contributed by atoms with E-state index in [1.807, 2.05) is 23.1 Å². The van der Waals surface area contributed by atoms with Gasteiger partial charge in [-0.15, -0.1) is 11.3 Å². The minimum absolute atomic E-state index is 0.140. The van der Waals surface area contributed by atoms with Crippen molar-refractivity contribution in [2.45, 2.75) is 25.5 Å². The first-order chi connectivity index (χ1) is 14.2. The average molecular weight is 414 g/mol. The van der Waals surface area contributed by atoms with Crippen LogP contribution in [0.15, 0.2) is 40.7 Å². The first kappa shape index (κ1) is 19.8. The molecule has 2 saturated heterocycles. The minimum Gasteiger partial charge on any atom is -0.368 e. The highest BCUT2D eigenvalue weighted by Gasteiger charge is 2.30. The van der Waals surface area contributed by atoms with Crippen LogP contribution in [0.2, 0.25) is 0 Å². The maximum Gasteiger partial charge on any atom is 0.251 e. The van der Waals surface area contributed by atoms with Gasteiger partial charge in [-0.1, -0.05) is 30.3 Å². The van der Waals surface area contributed by atoms with Crippen molar-refractivity contribution in [3.05, 3.63) is 40.7 Å². The van der Waals surface area contributed by atoms with Gasteiger partial charge in [-0.3, -0.25) is 9.79 Å². The summed E-state index contributed by atoms with van der Waals surface area (Å²) >= 11 is 1.65. The van der Waals surface area contributed by atoms with Crippen LogP contribution in [0.4, 0.5) is 0 Å². The summed E-state index contributed by atoms with van der Waals surface area (Å²) in [5.74, 6) is 0.993. The van der Waals surface area contributed by atoms with Crippen LogP contribution in [0.3, 0.4) is 0 Å². The second-order valence-electron chi connectivity index (χ2n) is 7.21. The molecule has 2 aromatic rings. The number of aromatic nitrogens is 1. The van der Waals surface area contributed by atoms with Crippen LogP contribution >= 0.6 is 11.3 Å². The molecule has 1 N–H and O–H groups in total. The van der Waals surface area contributed by atoms with E-state index >= 15 is 0 Å². The normalized spacial score (nSPS) is 20.2. The molecule has 1 amide bonds. The van der Waals surface area contributed by atoms with Crippen LogP contribution in [-0.2, 0) is 16.1 Å². The number of hydrogen-bond donors (Lipinski definition) is 1. The number of nitrogens with zero attached hydrogens (tertiary/aromatic N) is 4. The molecule has 2 aliphatic heterocycles. The van der Waals surface area contributed by atoms with Crippen molar-refractivity contribution in [3.8, 4) is 11.3 Å². The van der Waals surface area contributed by atoms with E-state index in [-0.39, 0.29) is 12.0 Å². The van der Waals surface area contributed by atoms with Crippen LogP contribution in [-0.4, -0.2) is 72.6 Å². The minimum atomic E-state index is -0.234. The number of amides is 1. The number of hydrogen-bond acceptors (Lipinski definition) is 5. The van der Waals surface area contributed by atoms with E-state index in [0.29, 0.717) is 26.2 Å². The molecule has 0 spiro atoms. The van der Waals surface area contributed by atoms with Crippen molar-refractivity contribution in [3.63, 3.8) is 0 Å². The number of carbonyl (C=O) groups excluding carboxylic acids is 1. The third kappa shape index (κ3) is 4.76. The molecular weight excluding hydrogens is 386 g/mol. The highest BCUT2D eigenvalue weighted by molar-refractivity contribution is 7.09. The summed E-state index contributed by atoms with van der Waals surface area (Å²) in [6, 6.07) is 10.2. The molecule has 0 radical (unpaired) electrons. The van der Waals surface area contributed by atoms with Gasteiger partial charge in [-0.25, -0.2) is 4.98 Å². The fourth-order valence-corrected chi connectivity index (χ4v) is 4.48. The Bertz CT molecular complexity index is 840. The Hall–Kier alpha value is -2.45. The highest BCUT2D eigenvalue weighted by atomic mass is 32.1. The largest absolute Gasteiger partial charge is 0.368 e. The van der Waals surface area contributed by atoms with E-state index in [1.165, 1.54) is 0 Å². The maximum absolute atomic E-state index is 12.5. The molecule has 0 aliphatic carbocycles. The lowest BCUT2D eigenvalue weighted by molar-refractivity contribution is -0.142. The summed E-state index contributed by atoms with van der Waals surface area (Å²) in [4.78, 5) is 25.8. The molecule has 8 heteroatoms. The molecule has 4 rings (SSSR count). The summed E-state index contributed by atoms with van der Waals surface area (Å²) in [6.45, 7) is 4.29. The fourth-order valence-electron chi connectivity index (χ4n) is 3.74. The van der Waals surface area contributed by atoms with Gasteiger partial charge in [0.2, 0.25) is 0 Å². The van der Waals surface area contributed by atoms with Crippen LogP contribution in [0.5, 0.6) is 0 Å². The standard InChI is InChI=1S/C21H27N5O2S/c1-22-21(23-14-19-24-17(15-29-19)16-6-3-2-4-7-16)26-11-9-25(10-12-26)20(27)18-8-5-13-28-18/h2-4,6-7,15,18H,5,8-14H2,1H3,(H,22,23). The molecule has 1 aromatic carbocycles. The number of carbonyl (C=O) groups is 1. The summed E-state index contributed by atoms with van der Waals surface area (Å²) in [5.41, 5.74) is 2.13. The Labute approximate surface area is 175 Å². The van der Waals surface area contributed by atoms with Crippen molar-refractivity contribution in [1.82, 2.24) is 20.1 Å². The molecule has 7 nitrogen and oxygen atoms in total. The Balaban J connectivity index is 1.28. The second-order valence-corrected chi connectivity index (χ2v) is 8.15. The van der Waals surface area contributed by atoms with Crippen LogP contribution in [0, 0.1) is 0 Å². The number of guanidine groups is 1. The molecule has 29 heavy (non-hydrogen) atoms. The first-order valence-corrected chi connectivity index (χ1v) is 11.0. The number of piperazine rings is 1. The van der Waals surface area contributed by atoms with Crippen molar-refractivity contribution in [1.29, 1.82) is 0 Å². The number of benzene rings is 1. The molecule has 3 heterocycles. The van der Waals surface area contributed by atoms with Crippen molar-refractivity contribution in [2.24, 2.45) is 4.99 Å². The second kappa shape index (κ2) is 9.37. The summed E-state index contributed by atoms with van der Waals surface area (Å²) in [5, 5.41) is 6.53. The zero-order valence-electron chi connectivity index (χ0n) is 16.7. The van der Waals surface area contributed by atoms with Gasteiger partial charge in [0.25, 0.3) is 5.91 Å². The van der Waals surface area contributed by atoms with E-state index in [1.54, 1.807) is 18.4 Å². The predicted molar refractivity (Wildman–Crippen MR) is 115 cm³/mol. The molecule has 154 valence electrons. The van der Waals surface area contributed by atoms with E-state index in [2.05, 4.69) is 32.7 Å². The van der Waals surface area contributed by atoms with Gasteiger partial charge >= 0.3 is 0 Å². The predicted octanol–water partition coefficient (Wildman–Crippen LogP) is 2.21. The van der Waals surface area contributed by atoms with Gasteiger partial charge in [-0.2, -0.15) is 0 Å². The average Bonchev–Trinajstić information content (AvgIpc) is 3.47. The van der Waals surface area contributed by atoms with E-state index in [0.717, 1.165) is 48.2 Å². The quantitative estimate of drug-likeness (QED) is 0.615. The van der Waals surface area contributed by atoms with Crippen molar-refractivity contribution in [2.75, 3.05) is 39.8 Å². The molecule has 0 saturated carbocycles. The lowest BCUT2D eigenvalue weighted by atomic mass is 10.2.